The molecule has 2 saturated heterocycles. The highest BCUT2D eigenvalue weighted by Gasteiger charge is 2.55. The number of aryl methyl sites for hydroxylation is 1. The van der Waals surface area contributed by atoms with Gasteiger partial charge in [-0.1, -0.05) is 35.0 Å². The number of likely N-dealkylation sites (tertiary alicyclic amines) is 1. The van der Waals surface area contributed by atoms with Gasteiger partial charge in [0.25, 0.3) is 5.91 Å². The predicted molar refractivity (Wildman–Crippen MR) is 100 cm³/mol. The van der Waals surface area contributed by atoms with Crippen LogP contribution in [-0.4, -0.2) is 52.2 Å². The first-order valence-corrected chi connectivity index (χ1v) is 9.83. The second-order valence-corrected chi connectivity index (χ2v) is 8.36. The van der Waals surface area contributed by atoms with E-state index in [1.54, 1.807) is 17.9 Å². The first kappa shape index (κ1) is 17.7. The van der Waals surface area contributed by atoms with Crippen molar-refractivity contribution < 1.29 is 18.9 Å². The number of hydrogen-bond donors (Lipinski definition) is 0. The Morgan fingerprint density at radius 1 is 1.32 bits per heavy atom. The second-order valence-electron chi connectivity index (χ2n) is 7.95. The molecule has 8 heteroatoms. The zero-order chi connectivity index (χ0) is 19.5. The molecule has 1 spiro atoms. The van der Waals surface area contributed by atoms with Crippen LogP contribution in [0.3, 0.4) is 0 Å². The molecule has 7 nitrogen and oxygen atoms in total. The van der Waals surface area contributed by atoms with Gasteiger partial charge in [0.05, 0.1) is 31.1 Å². The molecule has 0 N–H and O–H groups in total. The number of nitrogens with zero attached hydrogens (tertiary/aromatic N) is 3. The number of aromatic nitrogens is 1. The van der Waals surface area contributed by atoms with Crippen molar-refractivity contribution in [1.29, 1.82) is 0 Å². The molecule has 1 aromatic heterocycles. The Morgan fingerprint density at radius 2 is 2.07 bits per heavy atom. The van der Waals surface area contributed by atoms with E-state index < -0.39 is 5.60 Å². The van der Waals surface area contributed by atoms with E-state index in [-0.39, 0.29) is 11.8 Å². The summed E-state index contributed by atoms with van der Waals surface area (Å²) in [6, 6.07) is 7.22. The van der Waals surface area contributed by atoms with Crippen molar-refractivity contribution in [3.63, 3.8) is 0 Å². The third-order valence-corrected chi connectivity index (χ3v) is 5.96. The summed E-state index contributed by atoms with van der Waals surface area (Å²) in [7, 11) is 0. The van der Waals surface area contributed by atoms with Gasteiger partial charge in [-0.3, -0.25) is 14.4 Å². The van der Waals surface area contributed by atoms with E-state index in [0.717, 1.165) is 12.8 Å². The first-order valence-electron chi connectivity index (χ1n) is 9.46. The molecule has 1 aliphatic carbocycles. The largest absolute Gasteiger partial charge is 0.360 e. The number of carbonyl (C=O) groups excluding carboxylic acids is 2. The van der Waals surface area contributed by atoms with Gasteiger partial charge in [-0.25, -0.2) is 5.06 Å². The van der Waals surface area contributed by atoms with Gasteiger partial charge in [-0.2, -0.15) is 0 Å². The van der Waals surface area contributed by atoms with E-state index >= 15 is 0 Å². The number of benzene rings is 1. The molecule has 3 fully saturated rings. The molecule has 0 radical (unpaired) electrons. The molecule has 2 aliphatic heterocycles. The Balaban J connectivity index is 1.33. The Morgan fingerprint density at radius 3 is 2.79 bits per heavy atom. The lowest BCUT2D eigenvalue weighted by Gasteiger charge is -2.45. The lowest BCUT2D eigenvalue weighted by Crippen LogP contribution is -2.63. The van der Waals surface area contributed by atoms with Crippen LogP contribution in [-0.2, 0) is 9.63 Å². The van der Waals surface area contributed by atoms with Gasteiger partial charge >= 0.3 is 0 Å². The maximum atomic E-state index is 13.1. The fraction of sp³-hybridized carbons (Fsp3) is 0.450. The van der Waals surface area contributed by atoms with Crippen LogP contribution in [0.15, 0.2) is 28.8 Å². The Kier molecular flexibility index (Phi) is 4.00. The quantitative estimate of drug-likeness (QED) is 0.787. The van der Waals surface area contributed by atoms with E-state index in [4.69, 9.17) is 21.0 Å². The first-order chi connectivity index (χ1) is 13.5. The molecule has 146 valence electrons. The van der Waals surface area contributed by atoms with Crippen LogP contribution in [0.2, 0.25) is 5.02 Å². The topological polar surface area (TPSA) is 75.9 Å². The fourth-order valence-corrected chi connectivity index (χ4v) is 4.16. The second kappa shape index (κ2) is 6.32. The highest BCUT2D eigenvalue weighted by molar-refractivity contribution is 6.33. The summed E-state index contributed by atoms with van der Waals surface area (Å²) in [5.74, 6) is 0.835. The van der Waals surface area contributed by atoms with E-state index in [0.29, 0.717) is 59.6 Å². The molecular weight excluding hydrogens is 382 g/mol. The molecule has 1 aromatic carbocycles. The smallest absolute Gasteiger partial charge is 0.259 e. The van der Waals surface area contributed by atoms with Crippen molar-refractivity contribution in [2.45, 2.75) is 31.8 Å². The lowest BCUT2D eigenvalue weighted by molar-refractivity contribution is -0.230. The molecular formula is C20H20ClN3O4. The van der Waals surface area contributed by atoms with Crippen molar-refractivity contribution in [3.05, 3.63) is 40.6 Å². The Labute approximate surface area is 167 Å². The van der Waals surface area contributed by atoms with Crippen molar-refractivity contribution in [2.75, 3.05) is 19.6 Å². The Bertz CT molecular complexity index is 962. The summed E-state index contributed by atoms with van der Waals surface area (Å²) >= 11 is 6.28. The number of amides is 2. The summed E-state index contributed by atoms with van der Waals surface area (Å²) < 4.78 is 5.30. The summed E-state index contributed by atoms with van der Waals surface area (Å²) in [5, 5.41) is 6.07. The van der Waals surface area contributed by atoms with Gasteiger partial charge in [-0.05, 0) is 31.7 Å². The zero-order valence-electron chi connectivity index (χ0n) is 15.5. The van der Waals surface area contributed by atoms with E-state index in [1.165, 1.54) is 5.06 Å². The van der Waals surface area contributed by atoms with Crippen LogP contribution in [0.1, 0.15) is 35.4 Å². The third-order valence-electron chi connectivity index (χ3n) is 5.63. The average molecular weight is 402 g/mol. The summed E-state index contributed by atoms with van der Waals surface area (Å²) in [6.45, 7) is 3.13. The molecule has 0 bridgehead atoms. The van der Waals surface area contributed by atoms with Gasteiger partial charge in [-0.15, -0.1) is 0 Å². The zero-order valence-corrected chi connectivity index (χ0v) is 16.2. The summed E-state index contributed by atoms with van der Waals surface area (Å²) in [6.07, 6.45) is 2.63. The van der Waals surface area contributed by atoms with Crippen LogP contribution in [0.4, 0.5) is 0 Å². The number of carbonyl (C=O) groups is 2. The minimum absolute atomic E-state index is 0.0110. The number of hydroxylamine groups is 2. The maximum Gasteiger partial charge on any atom is 0.259 e. The predicted octanol–water partition coefficient (Wildman–Crippen LogP) is 3.07. The summed E-state index contributed by atoms with van der Waals surface area (Å²) in [4.78, 5) is 33.0. The van der Waals surface area contributed by atoms with Crippen molar-refractivity contribution in [3.8, 4) is 11.3 Å². The maximum absolute atomic E-state index is 13.1. The minimum atomic E-state index is -0.586. The van der Waals surface area contributed by atoms with Gasteiger partial charge < -0.3 is 9.42 Å². The van der Waals surface area contributed by atoms with Crippen LogP contribution in [0.25, 0.3) is 11.3 Å². The molecule has 0 unspecified atom stereocenters. The number of rotatable bonds is 4. The molecule has 3 heterocycles. The summed E-state index contributed by atoms with van der Waals surface area (Å²) in [5.41, 5.74) is 0.912. The molecule has 3 aliphatic rings. The molecule has 1 saturated carbocycles. The van der Waals surface area contributed by atoms with Crippen LogP contribution in [0.5, 0.6) is 0 Å². The molecule has 0 atom stereocenters. The van der Waals surface area contributed by atoms with Crippen molar-refractivity contribution in [2.24, 2.45) is 5.92 Å². The highest BCUT2D eigenvalue weighted by Crippen LogP contribution is 2.40. The van der Waals surface area contributed by atoms with Gasteiger partial charge in [0, 0.05) is 5.56 Å². The minimum Gasteiger partial charge on any atom is -0.360 e. The number of hydrogen-bond acceptors (Lipinski definition) is 5. The monoisotopic (exact) mass is 401 g/mol. The molecule has 5 rings (SSSR count). The highest BCUT2D eigenvalue weighted by atomic mass is 35.5. The van der Waals surface area contributed by atoms with Crippen LogP contribution >= 0.6 is 11.6 Å². The lowest BCUT2D eigenvalue weighted by atomic mass is 9.89. The van der Waals surface area contributed by atoms with Crippen molar-refractivity contribution in [1.82, 2.24) is 15.1 Å². The van der Waals surface area contributed by atoms with Crippen molar-refractivity contribution >= 4 is 23.4 Å². The SMILES string of the molecule is Cc1onc(-c2ccccc2Cl)c1C(=O)N1CC2(CC(=O)N(CC3CC3)O2)C1. The van der Waals surface area contributed by atoms with Gasteiger partial charge in [0.1, 0.15) is 22.6 Å². The molecule has 28 heavy (non-hydrogen) atoms. The third kappa shape index (κ3) is 2.89. The average Bonchev–Trinajstić information content (AvgIpc) is 3.28. The molecule has 2 amide bonds. The van der Waals surface area contributed by atoms with E-state index in [9.17, 15) is 9.59 Å². The normalized spacial score (nSPS) is 20.7. The van der Waals surface area contributed by atoms with E-state index in [1.807, 2.05) is 18.2 Å². The Hall–Kier alpha value is -2.38. The molecule has 2 aromatic rings. The van der Waals surface area contributed by atoms with Crippen LogP contribution < -0.4 is 0 Å². The van der Waals surface area contributed by atoms with Crippen LogP contribution in [0, 0.1) is 12.8 Å². The van der Waals surface area contributed by atoms with Gasteiger partial charge in [0.2, 0.25) is 5.91 Å². The van der Waals surface area contributed by atoms with Gasteiger partial charge in [0.15, 0.2) is 0 Å². The fourth-order valence-electron chi connectivity index (χ4n) is 3.94. The van der Waals surface area contributed by atoms with E-state index in [2.05, 4.69) is 5.16 Å². The number of halogens is 1. The standard InChI is InChI=1S/C20H20ClN3O4/c1-12-17(18(22-27-12)14-4-2-3-5-15(14)21)19(26)23-10-20(11-23)8-16(25)24(28-20)9-13-6-7-13/h2-5,13H,6-11H2,1H3.